The van der Waals surface area contributed by atoms with E-state index in [1.807, 2.05) is 6.07 Å². The molecule has 1 N–H and O–H groups in total. The largest absolute Gasteiger partial charge is 0.497 e. The van der Waals surface area contributed by atoms with Crippen LogP contribution in [0.2, 0.25) is 0 Å². The highest BCUT2D eigenvalue weighted by Crippen LogP contribution is 2.43. The molecular weight excluding hydrogens is 240 g/mol. The summed E-state index contributed by atoms with van der Waals surface area (Å²) in [6, 6.07) is 6.47. The van der Waals surface area contributed by atoms with Crippen LogP contribution in [0, 0.1) is 0 Å². The Kier molecular flexibility index (Phi) is 2.78. The lowest BCUT2D eigenvalue weighted by Gasteiger charge is -2.49. The van der Waals surface area contributed by atoms with Gasteiger partial charge in [0.15, 0.2) is 0 Å². The number of nitrogens with zero attached hydrogens (tertiary/aromatic N) is 2. The zero-order valence-electron chi connectivity index (χ0n) is 11.7. The van der Waals surface area contributed by atoms with Crippen molar-refractivity contribution in [3.63, 3.8) is 0 Å². The van der Waals surface area contributed by atoms with Crippen molar-refractivity contribution < 1.29 is 9.94 Å². The van der Waals surface area contributed by atoms with E-state index < -0.39 is 0 Å². The predicted octanol–water partition coefficient (Wildman–Crippen LogP) is 2.04. The SMILES string of the molecule is COc1ccc2c(c1)C1(C)CCN(C)C(C2)/C1=N\O. The molecule has 3 rings (SSSR count). The number of benzene rings is 1. The molecule has 2 aliphatic rings. The third-order valence-corrected chi connectivity index (χ3v) is 4.81. The van der Waals surface area contributed by atoms with Crippen LogP contribution in [0.15, 0.2) is 23.4 Å². The van der Waals surface area contributed by atoms with Gasteiger partial charge in [0.1, 0.15) is 5.75 Å². The smallest absolute Gasteiger partial charge is 0.119 e. The number of hydrogen-bond donors (Lipinski definition) is 1. The molecule has 2 atom stereocenters. The fourth-order valence-electron chi connectivity index (χ4n) is 3.55. The summed E-state index contributed by atoms with van der Waals surface area (Å²) in [7, 11) is 3.79. The lowest BCUT2D eigenvalue weighted by molar-refractivity contribution is 0.209. The van der Waals surface area contributed by atoms with E-state index in [0.717, 1.165) is 30.8 Å². The second-order valence-electron chi connectivity index (χ2n) is 5.79. The van der Waals surface area contributed by atoms with E-state index >= 15 is 0 Å². The molecule has 0 spiro atoms. The average Bonchev–Trinajstić information content (AvgIpc) is 2.43. The van der Waals surface area contributed by atoms with Crippen molar-refractivity contribution in [2.45, 2.75) is 31.2 Å². The number of fused-ring (bicyclic) bond motifs is 4. The number of rotatable bonds is 1. The molecule has 1 aromatic rings. The van der Waals surface area contributed by atoms with E-state index in [1.165, 1.54) is 11.1 Å². The maximum Gasteiger partial charge on any atom is 0.119 e. The lowest BCUT2D eigenvalue weighted by atomic mass is 9.63. The standard InChI is InChI=1S/C15H20N2O2/c1-15-6-7-17(2)13(14(15)16-18)8-10-4-5-11(19-3)9-12(10)15/h4-5,9,13,18H,6-8H2,1-3H3/b16-14+. The molecular formula is C15H20N2O2. The first-order chi connectivity index (χ1) is 9.10. The third kappa shape index (κ3) is 1.66. The Balaban J connectivity index is 2.19. The van der Waals surface area contributed by atoms with Crippen LogP contribution in [0.4, 0.5) is 0 Å². The van der Waals surface area contributed by atoms with Gasteiger partial charge in [-0.05, 0) is 56.6 Å². The van der Waals surface area contributed by atoms with Crippen molar-refractivity contribution >= 4 is 5.71 Å². The number of likely N-dealkylation sites (N-methyl/N-ethyl adjacent to an activating group) is 1. The quantitative estimate of drug-likeness (QED) is 0.621. The van der Waals surface area contributed by atoms with Gasteiger partial charge in [0.2, 0.25) is 0 Å². The van der Waals surface area contributed by atoms with Crippen LogP contribution < -0.4 is 4.74 Å². The summed E-state index contributed by atoms with van der Waals surface area (Å²) in [5, 5.41) is 13.1. The molecule has 1 aromatic carbocycles. The van der Waals surface area contributed by atoms with Crippen LogP contribution in [0.3, 0.4) is 0 Å². The van der Waals surface area contributed by atoms with E-state index in [-0.39, 0.29) is 11.5 Å². The van der Waals surface area contributed by atoms with E-state index in [1.54, 1.807) is 7.11 Å². The highest BCUT2D eigenvalue weighted by Gasteiger charge is 2.47. The van der Waals surface area contributed by atoms with E-state index in [2.05, 4.69) is 36.2 Å². The lowest BCUT2D eigenvalue weighted by Crippen LogP contribution is -2.58. The molecule has 2 bridgehead atoms. The molecule has 1 aliphatic heterocycles. The molecule has 0 amide bonds. The topological polar surface area (TPSA) is 45.1 Å². The molecule has 4 nitrogen and oxygen atoms in total. The van der Waals surface area contributed by atoms with Crippen LogP contribution in [0.25, 0.3) is 0 Å². The fraction of sp³-hybridized carbons (Fsp3) is 0.533. The minimum Gasteiger partial charge on any atom is -0.497 e. The number of ether oxygens (including phenoxy) is 1. The van der Waals surface area contributed by atoms with E-state index in [0.29, 0.717) is 0 Å². The van der Waals surface area contributed by atoms with Gasteiger partial charge >= 0.3 is 0 Å². The number of oxime groups is 1. The van der Waals surface area contributed by atoms with Gasteiger partial charge in [0, 0.05) is 5.41 Å². The van der Waals surface area contributed by atoms with Gasteiger partial charge in [-0.3, -0.25) is 4.90 Å². The summed E-state index contributed by atoms with van der Waals surface area (Å²) >= 11 is 0. The zero-order valence-corrected chi connectivity index (χ0v) is 11.7. The third-order valence-electron chi connectivity index (χ3n) is 4.81. The Morgan fingerprint density at radius 1 is 1.47 bits per heavy atom. The van der Waals surface area contributed by atoms with Gasteiger partial charge in [-0.1, -0.05) is 11.2 Å². The number of hydrogen-bond acceptors (Lipinski definition) is 4. The first-order valence-corrected chi connectivity index (χ1v) is 6.70. The molecule has 0 radical (unpaired) electrons. The minimum atomic E-state index is -0.173. The molecule has 4 heteroatoms. The van der Waals surface area contributed by atoms with Crippen molar-refractivity contribution in [3.8, 4) is 5.75 Å². The summed E-state index contributed by atoms with van der Waals surface area (Å²) in [4.78, 5) is 2.28. The van der Waals surface area contributed by atoms with Crippen molar-refractivity contribution in [2.24, 2.45) is 5.16 Å². The van der Waals surface area contributed by atoms with Crippen molar-refractivity contribution in [2.75, 3.05) is 20.7 Å². The number of likely N-dealkylation sites (tertiary alicyclic amines) is 1. The van der Waals surface area contributed by atoms with E-state index in [9.17, 15) is 5.21 Å². The average molecular weight is 260 g/mol. The van der Waals surface area contributed by atoms with Crippen LogP contribution in [-0.4, -0.2) is 42.6 Å². The van der Waals surface area contributed by atoms with Gasteiger partial charge in [0.05, 0.1) is 18.9 Å². The maximum atomic E-state index is 9.46. The highest BCUT2D eigenvalue weighted by atomic mass is 16.5. The molecule has 0 aromatic heterocycles. The van der Waals surface area contributed by atoms with Gasteiger partial charge in [-0.15, -0.1) is 0 Å². The number of piperidine rings is 1. The normalized spacial score (nSPS) is 32.2. The molecule has 102 valence electrons. The molecule has 1 fully saturated rings. The summed E-state index contributed by atoms with van der Waals surface area (Å²) in [6.45, 7) is 3.20. The van der Waals surface area contributed by atoms with Crippen LogP contribution in [0.1, 0.15) is 24.5 Å². The Morgan fingerprint density at radius 2 is 2.26 bits per heavy atom. The highest BCUT2D eigenvalue weighted by molar-refractivity contribution is 6.01. The maximum absolute atomic E-state index is 9.46. The summed E-state index contributed by atoms with van der Waals surface area (Å²) in [5.74, 6) is 0.870. The van der Waals surface area contributed by atoms with Gasteiger partial charge in [0.25, 0.3) is 0 Å². The van der Waals surface area contributed by atoms with Gasteiger partial charge < -0.3 is 9.94 Å². The van der Waals surface area contributed by atoms with Crippen molar-refractivity contribution in [3.05, 3.63) is 29.3 Å². The molecule has 2 unspecified atom stereocenters. The second-order valence-corrected chi connectivity index (χ2v) is 5.79. The van der Waals surface area contributed by atoms with Crippen LogP contribution in [0.5, 0.6) is 5.75 Å². The molecule has 1 heterocycles. The Morgan fingerprint density at radius 3 is 2.95 bits per heavy atom. The van der Waals surface area contributed by atoms with Gasteiger partial charge in [-0.2, -0.15) is 0 Å². The molecule has 19 heavy (non-hydrogen) atoms. The first-order valence-electron chi connectivity index (χ1n) is 6.70. The fourth-order valence-corrected chi connectivity index (χ4v) is 3.55. The summed E-state index contributed by atoms with van der Waals surface area (Å²) in [5.41, 5.74) is 3.31. The second kappa shape index (κ2) is 4.23. The monoisotopic (exact) mass is 260 g/mol. The predicted molar refractivity (Wildman–Crippen MR) is 74.3 cm³/mol. The van der Waals surface area contributed by atoms with Gasteiger partial charge in [-0.25, -0.2) is 0 Å². The molecule has 1 saturated heterocycles. The Hall–Kier alpha value is -1.55. The first kappa shape index (κ1) is 12.5. The number of methoxy groups -OCH3 is 1. The molecule has 0 saturated carbocycles. The minimum absolute atomic E-state index is 0.173. The molecule has 1 aliphatic carbocycles. The van der Waals surface area contributed by atoms with Crippen LogP contribution >= 0.6 is 0 Å². The van der Waals surface area contributed by atoms with Crippen LogP contribution in [-0.2, 0) is 11.8 Å². The summed E-state index contributed by atoms with van der Waals surface area (Å²) in [6.07, 6.45) is 1.88. The Labute approximate surface area is 113 Å². The zero-order chi connectivity index (χ0) is 13.6. The van der Waals surface area contributed by atoms with E-state index in [4.69, 9.17) is 4.74 Å². The van der Waals surface area contributed by atoms with Crippen molar-refractivity contribution in [1.29, 1.82) is 0 Å². The van der Waals surface area contributed by atoms with Crippen molar-refractivity contribution in [1.82, 2.24) is 4.90 Å². The summed E-state index contributed by atoms with van der Waals surface area (Å²) < 4.78 is 5.34. The Bertz CT molecular complexity index is 541.